The lowest BCUT2D eigenvalue weighted by Gasteiger charge is -2.28. The Bertz CT molecular complexity index is 4190. The zero-order valence-corrected chi connectivity index (χ0v) is 35.7. The SMILES string of the molecule is [2H]c1c([2H])c(N(c2ccc(-c3cccc4c3oc3c(-c5ccccc5)cccc34)cc2)c2cc3ccccc3c3ccccc23)c([2H])c([2H])c1-c1c(-c2ccccc2)c2ccccc2c2ccccc12. The van der Waals surface area contributed by atoms with Crippen LogP contribution in [0.5, 0.6) is 0 Å². The van der Waals surface area contributed by atoms with Gasteiger partial charge in [0.15, 0.2) is 0 Å². The van der Waals surface area contributed by atoms with Gasteiger partial charge < -0.3 is 9.32 Å². The molecule has 0 N–H and O–H groups in total. The normalized spacial score (nSPS) is 12.5. The molecule has 0 fully saturated rings. The van der Waals surface area contributed by atoms with E-state index in [2.05, 4.69) is 121 Å². The van der Waals surface area contributed by atoms with Crippen LogP contribution >= 0.6 is 0 Å². The number of hydrogen-bond donors (Lipinski definition) is 0. The summed E-state index contributed by atoms with van der Waals surface area (Å²) in [6, 6.07) is 75.5. The molecule has 0 saturated heterocycles. The van der Waals surface area contributed by atoms with Gasteiger partial charge in [-0.05, 0) is 101 Å². The van der Waals surface area contributed by atoms with Crippen molar-refractivity contribution in [1.29, 1.82) is 0 Å². The Labute approximate surface area is 388 Å². The fourth-order valence-corrected chi connectivity index (χ4v) is 10.1. The predicted octanol–water partition coefficient (Wildman–Crippen LogP) is 18.3. The minimum Gasteiger partial charge on any atom is -0.455 e. The third kappa shape index (κ3) is 6.11. The molecule has 0 aliphatic carbocycles. The second kappa shape index (κ2) is 15.5. The van der Waals surface area contributed by atoms with Crippen molar-refractivity contribution < 1.29 is 9.90 Å². The maximum atomic E-state index is 10.1. The molecule has 0 unspecified atom stereocenters. The van der Waals surface area contributed by atoms with E-state index in [0.717, 1.165) is 104 Å². The number of nitrogens with zero attached hydrogens (tertiary/aromatic N) is 1. The smallest absolute Gasteiger partial charge is 0.143 e. The van der Waals surface area contributed by atoms with Gasteiger partial charge >= 0.3 is 0 Å². The summed E-state index contributed by atoms with van der Waals surface area (Å²) in [5.74, 6) is 0. The van der Waals surface area contributed by atoms with E-state index in [0.29, 0.717) is 11.3 Å². The molecule has 0 saturated carbocycles. The molecule has 2 heteroatoms. The van der Waals surface area contributed by atoms with E-state index < -0.39 is 0 Å². The summed E-state index contributed by atoms with van der Waals surface area (Å²) in [4.78, 5) is 1.92. The molecule has 0 aliphatic heterocycles. The van der Waals surface area contributed by atoms with Gasteiger partial charge in [0.1, 0.15) is 11.2 Å². The first-order chi connectivity index (χ1) is 34.4. The van der Waals surface area contributed by atoms with Crippen molar-refractivity contribution in [3.63, 3.8) is 0 Å². The third-order valence-electron chi connectivity index (χ3n) is 13.1. The molecule has 12 aromatic carbocycles. The van der Waals surface area contributed by atoms with Crippen LogP contribution in [0.25, 0.3) is 110 Å². The molecule has 1 heterocycles. The van der Waals surface area contributed by atoms with Crippen LogP contribution < -0.4 is 4.90 Å². The molecule has 1 aromatic heterocycles. The second-order valence-electron chi connectivity index (χ2n) is 16.8. The first-order valence-corrected chi connectivity index (χ1v) is 22.3. The predicted molar refractivity (Wildman–Crippen MR) is 280 cm³/mol. The fourth-order valence-electron chi connectivity index (χ4n) is 10.1. The molecule has 0 atom stereocenters. The third-order valence-corrected chi connectivity index (χ3v) is 13.1. The van der Waals surface area contributed by atoms with E-state index in [1.54, 1.807) is 0 Å². The highest BCUT2D eigenvalue weighted by molar-refractivity contribution is 6.22. The first-order valence-electron chi connectivity index (χ1n) is 24.3. The van der Waals surface area contributed by atoms with E-state index in [-0.39, 0.29) is 35.4 Å². The van der Waals surface area contributed by atoms with Gasteiger partial charge in [0, 0.05) is 38.7 Å². The van der Waals surface area contributed by atoms with Gasteiger partial charge in [-0.15, -0.1) is 0 Å². The van der Waals surface area contributed by atoms with Crippen molar-refractivity contribution in [2.45, 2.75) is 0 Å². The summed E-state index contributed by atoms with van der Waals surface area (Å²) in [5, 5.41) is 9.95. The van der Waals surface area contributed by atoms with Gasteiger partial charge in [0.25, 0.3) is 0 Å². The lowest BCUT2D eigenvalue weighted by molar-refractivity contribution is 0.671. The van der Waals surface area contributed by atoms with Gasteiger partial charge in [0.05, 0.1) is 11.2 Å². The van der Waals surface area contributed by atoms with Crippen LogP contribution in [0, 0.1) is 0 Å². The topological polar surface area (TPSA) is 16.4 Å². The largest absolute Gasteiger partial charge is 0.455 e. The minimum absolute atomic E-state index is 0.119. The van der Waals surface area contributed by atoms with E-state index in [4.69, 9.17) is 4.42 Å². The first kappa shape index (κ1) is 33.8. The Balaban J connectivity index is 1.05. The zero-order valence-electron chi connectivity index (χ0n) is 39.7. The molecule has 0 radical (unpaired) electrons. The van der Waals surface area contributed by atoms with Crippen LogP contribution in [0.3, 0.4) is 0 Å². The second-order valence-corrected chi connectivity index (χ2v) is 16.8. The highest BCUT2D eigenvalue weighted by atomic mass is 16.3. The van der Waals surface area contributed by atoms with Gasteiger partial charge in [-0.2, -0.15) is 0 Å². The van der Waals surface area contributed by atoms with Crippen LogP contribution in [-0.2, 0) is 0 Å². The standard InChI is InChI=1S/C64H41NO/c1-3-17-42(18-4-1)50-29-15-31-58-59-32-16-30-51(64(59)66-63(50)58)43-33-37-47(38-34-43)65(60-41-46-21-7-8-22-49(46)52-23-9-12-26-55(52)60)48-39-35-45(36-40-48)62-57-28-14-11-25-54(57)53-24-10-13-27-56(53)61(62)44-19-5-2-6-20-44/h1-41H/i35D,36D,39D,40D. The van der Waals surface area contributed by atoms with Crippen LogP contribution in [0.2, 0.25) is 0 Å². The average Bonchev–Trinajstić information content (AvgIpc) is 3.81. The number of rotatable bonds is 7. The number of benzene rings is 12. The Kier molecular flexibility index (Phi) is 7.94. The average molecular weight is 844 g/mol. The van der Waals surface area contributed by atoms with Crippen molar-refractivity contribution in [3.05, 3.63) is 249 Å². The number of hydrogen-bond acceptors (Lipinski definition) is 2. The molecule has 308 valence electrons. The summed E-state index contributed by atoms with van der Waals surface area (Å²) < 4.78 is 47.2. The van der Waals surface area contributed by atoms with Crippen molar-refractivity contribution in [3.8, 4) is 44.5 Å². The molecule has 66 heavy (non-hydrogen) atoms. The minimum atomic E-state index is -0.144. The molecule has 2 nitrogen and oxygen atoms in total. The maximum Gasteiger partial charge on any atom is 0.143 e. The molecule has 0 amide bonds. The van der Waals surface area contributed by atoms with Gasteiger partial charge in [0.2, 0.25) is 0 Å². The quantitative estimate of drug-likeness (QED) is 0.149. The van der Waals surface area contributed by atoms with Crippen LogP contribution in [-0.4, -0.2) is 0 Å². The lowest BCUT2D eigenvalue weighted by Crippen LogP contribution is -2.10. The summed E-state index contributed by atoms with van der Waals surface area (Å²) in [6.45, 7) is 0. The molecule has 13 rings (SSSR count). The van der Waals surface area contributed by atoms with Crippen LogP contribution in [0.4, 0.5) is 17.1 Å². The molecular formula is C64H41NO. The Hall–Kier alpha value is -8.72. The summed E-state index contributed by atoms with van der Waals surface area (Å²) in [6.07, 6.45) is 0. The van der Waals surface area contributed by atoms with Crippen LogP contribution in [0.15, 0.2) is 253 Å². The Morgan fingerprint density at radius 3 is 1.33 bits per heavy atom. The summed E-state index contributed by atoms with van der Waals surface area (Å²) >= 11 is 0. The van der Waals surface area contributed by atoms with Crippen molar-refractivity contribution >= 4 is 82.1 Å². The van der Waals surface area contributed by atoms with E-state index in [1.165, 1.54) is 0 Å². The van der Waals surface area contributed by atoms with E-state index >= 15 is 0 Å². The molecule has 0 aliphatic rings. The Morgan fingerprint density at radius 2 is 0.742 bits per heavy atom. The highest BCUT2D eigenvalue weighted by Crippen LogP contribution is 2.47. The fraction of sp³-hybridized carbons (Fsp3) is 0. The summed E-state index contributed by atoms with van der Waals surface area (Å²) in [5.41, 5.74) is 9.92. The number of furan rings is 1. The van der Waals surface area contributed by atoms with Gasteiger partial charge in [-0.3, -0.25) is 0 Å². The van der Waals surface area contributed by atoms with E-state index in [9.17, 15) is 5.48 Å². The van der Waals surface area contributed by atoms with Gasteiger partial charge in [-0.25, -0.2) is 0 Å². The monoisotopic (exact) mass is 843 g/mol. The number of anilines is 3. The maximum absolute atomic E-state index is 10.1. The molecule has 0 spiro atoms. The Morgan fingerprint density at radius 1 is 0.303 bits per heavy atom. The molecular weight excluding hydrogens is 799 g/mol. The van der Waals surface area contributed by atoms with Gasteiger partial charge in [-0.1, -0.05) is 218 Å². The molecule has 13 aromatic rings. The number of fused-ring (bicyclic) bond motifs is 9. The number of para-hydroxylation sites is 2. The van der Waals surface area contributed by atoms with Crippen molar-refractivity contribution in [2.24, 2.45) is 0 Å². The van der Waals surface area contributed by atoms with E-state index in [1.807, 2.05) is 108 Å². The van der Waals surface area contributed by atoms with Crippen molar-refractivity contribution in [1.82, 2.24) is 0 Å². The molecule has 0 bridgehead atoms. The van der Waals surface area contributed by atoms with Crippen molar-refractivity contribution in [2.75, 3.05) is 4.90 Å². The van der Waals surface area contributed by atoms with Crippen LogP contribution in [0.1, 0.15) is 5.48 Å². The summed E-state index contributed by atoms with van der Waals surface area (Å²) in [7, 11) is 0. The zero-order chi connectivity index (χ0) is 47.0. The highest BCUT2D eigenvalue weighted by Gasteiger charge is 2.22. The lowest BCUT2D eigenvalue weighted by atomic mass is 9.85.